The molecular formula is C16H28N2S. The number of hydrogen-bond donors (Lipinski definition) is 1. The highest BCUT2D eigenvalue weighted by atomic mass is 32.1. The molecule has 0 spiro atoms. The second-order valence-electron chi connectivity index (χ2n) is 7.79. The van der Waals surface area contributed by atoms with E-state index in [0.717, 1.165) is 5.01 Å². The lowest BCUT2D eigenvalue weighted by atomic mass is 9.63. The van der Waals surface area contributed by atoms with Crippen LogP contribution >= 0.6 is 11.3 Å². The monoisotopic (exact) mass is 280 g/mol. The Morgan fingerprint density at radius 2 is 1.84 bits per heavy atom. The predicted octanol–water partition coefficient (Wildman–Crippen LogP) is 4.71. The van der Waals surface area contributed by atoms with E-state index in [4.69, 9.17) is 0 Å². The summed E-state index contributed by atoms with van der Waals surface area (Å²) in [6, 6.07) is 0.968. The van der Waals surface area contributed by atoms with E-state index in [1.54, 1.807) is 11.3 Å². The van der Waals surface area contributed by atoms with Crippen molar-refractivity contribution in [3.8, 4) is 0 Å². The highest BCUT2D eigenvalue weighted by molar-refractivity contribution is 7.09. The minimum Gasteiger partial charge on any atom is -0.306 e. The number of nitrogens with one attached hydrogen (secondary N) is 1. The van der Waals surface area contributed by atoms with E-state index in [-0.39, 0.29) is 0 Å². The first-order valence-corrected chi connectivity index (χ1v) is 8.23. The van der Waals surface area contributed by atoms with Crippen molar-refractivity contribution >= 4 is 11.3 Å². The Balaban J connectivity index is 2.02. The lowest BCUT2D eigenvalue weighted by Crippen LogP contribution is -2.44. The SMILES string of the molecule is Cc1nc(C(C)NC2CC(C)(C)CC(C)(C)C2)cs1. The standard InChI is InChI=1S/C16H28N2S/c1-11(14-9-19-12(2)18-14)17-13-7-15(3,4)10-16(5,6)8-13/h9,11,13,17H,7-8,10H2,1-6H3. The van der Waals surface area contributed by atoms with Crippen LogP contribution in [0, 0.1) is 17.8 Å². The fourth-order valence-electron chi connectivity index (χ4n) is 3.98. The molecule has 2 rings (SSSR count). The molecule has 108 valence electrons. The van der Waals surface area contributed by atoms with Crippen LogP contribution in [0.25, 0.3) is 0 Å². The maximum absolute atomic E-state index is 4.60. The lowest BCUT2D eigenvalue weighted by Gasteiger charge is -2.45. The zero-order valence-electron chi connectivity index (χ0n) is 13.2. The van der Waals surface area contributed by atoms with E-state index < -0.39 is 0 Å². The van der Waals surface area contributed by atoms with Gasteiger partial charge >= 0.3 is 0 Å². The van der Waals surface area contributed by atoms with Crippen molar-refractivity contribution in [3.63, 3.8) is 0 Å². The number of rotatable bonds is 3. The molecule has 0 radical (unpaired) electrons. The van der Waals surface area contributed by atoms with Gasteiger partial charge in [0, 0.05) is 17.5 Å². The molecule has 1 aromatic rings. The maximum Gasteiger partial charge on any atom is 0.0898 e. The lowest BCUT2D eigenvalue weighted by molar-refractivity contribution is 0.0809. The van der Waals surface area contributed by atoms with Crippen LogP contribution < -0.4 is 5.32 Å². The highest BCUT2D eigenvalue weighted by Gasteiger charge is 2.38. The second kappa shape index (κ2) is 5.17. The molecule has 1 saturated carbocycles. The molecule has 3 heteroatoms. The minimum absolute atomic E-state index is 0.361. The maximum atomic E-state index is 4.60. The first-order chi connectivity index (χ1) is 8.67. The molecule has 0 bridgehead atoms. The van der Waals surface area contributed by atoms with Crippen molar-refractivity contribution in [3.05, 3.63) is 16.1 Å². The third kappa shape index (κ3) is 4.03. The summed E-state index contributed by atoms with van der Waals surface area (Å²) in [5, 5.41) is 7.15. The Morgan fingerprint density at radius 3 is 2.32 bits per heavy atom. The van der Waals surface area contributed by atoms with Crippen molar-refractivity contribution < 1.29 is 0 Å². The number of nitrogens with zero attached hydrogens (tertiary/aromatic N) is 1. The van der Waals surface area contributed by atoms with Crippen molar-refractivity contribution in [2.24, 2.45) is 10.8 Å². The van der Waals surface area contributed by atoms with Gasteiger partial charge < -0.3 is 5.32 Å². The summed E-state index contributed by atoms with van der Waals surface area (Å²) < 4.78 is 0. The van der Waals surface area contributed by atoms with E-state index in [1.165, 1.54) is 25.0 Å². The van der Waals surface area contributed by atoms with Crippen LogP contribution in [-0.4, -0.2) is 11.0 Å². The Kier molecular flexibility index (Phi) is 4.08. The van der Waals surface area contributed by atoms with Gasteiger partial charge in [-0.2, -0.15) is 0 Å². The van der Waals surface area contributed by atoms with Crippen molar-refractivity contribution in [1.82, 2.24) is 10.3 Å². The second-order valence-corrected chi connectivity index (χ2v) is 8.85. The van der Waals surface area contributed by atoms with Crippen molar-refractivity contribution in [1.29, 1.82) is 0 Å². The van der Waals surface area contributed by atoms with E-state index >= 15 is 0 Å². The summed E-state index contributed by atoms with van der Waals surface area (Å²) in [6.45, 7) is 13.9. The number of hydrogen-bond acceptors (Lipinski definition) is 3. The number of aryl methyl sites for hydroxylation is 1. The average Bonchev–Trinajstić information content (AvgIpc) is 2.59. The molecule has 1 aliphatic rings. The Labute approximate surface area is 122 Å². The summed E-state index contributed by atoms with van der Waals surface area (Å²) in [5.41, 5.74) is 2.08. The van der Waals surface area contributed by atoms with Gasteiger partial charge in [-0.25, -0.2) is 4.98 Å². The van der Waals surface area contributed by atoms with E-state index in [2.05, 4.69) is 57.2 Å². The number of aromatic nitrogens is 1. The Morgan fingerprint density at radius 1 is 1.26 bits per heavy atom. The molecule has 1 atom stereocenters. The van der Waals surface area contributed by atoms with Gasteiger partial charge in [0.1, 0.15) is 0 Å². The molecule has 0 saturated heterocycles. The van der Waals surface area contributed by atoms with E-state index in [1.807, 2.05) is 0 Å². The molecule has 1 fully saturated rings. The average molecular weight is 280 g/mol. The molecule has 0 amide bonds. The van der Waals surface area contributed by atoms with E-state index in [9.17, 15) is 0 Å². The molecule has 1 N–H and O–H groups in total. The van der Waals surface area contributed by atoms with Gasteiger partial charge in [0.25, 0.3) is 0 Å². The zero-order valence-corrected chi connectivity index (χ0v) is 14.0. The quantitative estimate of drug-likeness (QED) is 0.867. The van der Waals surface area contributed by atoms with Crippen LogP contribution in [0.3, 0.4) is 0 Å². The van der Waals surface area contributed by atoms with Crippen LogP contribution in [0.4, 0.5) is 0 Å². The Bertz CT molecular complexity index is 418. The molecule has 1 aliphatic carbocycles. The fraction of sp³-hybridized carbons (Fsp3) is 0.812. The molecule has 2 nitrogen and oxygen atoms in total. The smallest absolute Gasteiger partial charge is 0.0898 e. The predicted molar refractivity (Wildman–Crippen MR) is 83.6 cm³/mol. The first kappa shape index (κ1) is 15.0. The van der Waals surface area contributed by atoms with Gasteiger partial charge in [-0.3, -0.25) is 0 Å². The first-order valence-electron chi connectivity index (χ1n) is 7.35. The van der Waals surface area contributed by atoms with Crippen LogP contribution in [0.1, 0.15) is 70.6 Å². The van der Waals surface area contributed by atoms with Gasteiger partial charge in [-0.05, 0) is 43.9 Å². The molecule has 0 aromatic carbocycles. The summed E-state index contributed by atoms with van der Waals surface area (Å²) in [6.07, 6.45) is 3.86. The van der Waals surface area contributed by atoms with Gasteiger partial charge in [0.2, 0.25) is 0 Å². The van der Waals surface area contributed by atoms with Gasteiger partial charge in [0.05, 0.1) is 10.7 Å². The third-order valence-corrected chi connectivity index (χ3v) is 4.91. The van der Waals surface area contributed by atoms with Gasteiger partial charge in [0.15, 0.2) is 0 Å². The van der Waals surface area contributed by atoms with Crippen LogP contribution in [-0.2, 0) is 0 Å². The van der Waals surface area contributed by atoms with Gasteiger partial charge in [-0.15, -0.1) is 11.3 Å². The number of thiazole rings is 1. The van der Waals surface area contributed by atoms with Gasteiger partial charge in [-0.1, -0.05) is 27.7 Å². The van der Waals surface area contributed by atoms with Crippen molar-refractivity contribution in [2.45, 2.75) is 72.9 Å². The molecule has 1 unspecified atom stereocenters. The molecule has 1 aromatic heterocycles. The minimum atomic E-state index is 0.361. The zero-order chi connectivity index (χ0) is 14.3. The largest absolute Gasteiger partial charge is 0.306 e. The fourth-order valence-corrected chi connectivity index (χ4v) is 4.69. The van der Waals surface area contributed by atoms with Crippen LogP contribution in [0.5, 0.6) is 0 Å². The van der Waals surface area contributed by atoms with Crippen molar-refractivity contribution in [2.75, 3.05) is 0 Å². The molecule has 0 aliphatic heterocycles. The van der Waals surface area contributed by atoms with E-state index in [0.29, 0.717) is 22.9 Å². The topological polar surface area (TPSA) is 24.9 Å². The molecule has 19 heavy (non-hydrogen) atoms. The summed E-state index contributed by atoms with van der Waals surface area (Å²) in [4.78, 5) is 4.60. The third-order valence-electron chi connectivity index (χ3n) is 4.12. The summed E-state index contributed by atoms with van der Waals surface area (Å²) >= 11 is 1.74. The highest BCUT2D eigenvalue weighted by Crippen LogP contribution is 2.46. The Hall–Kier alpha value is -0.410. The molecule has 1 heterocycles. The normalized spacial score (nSPS) is 24.3. The summed E-state index contributed by atoms with van der Waals surface area (Å²) in [5.74, 6) is 0. The summed E-state index contributed by atoms with van der Waals surface area (Å²) in [7, 11) is 0. The molecular weight excluding hydrogens is 252 g/mol. The van der Waals surface area contributed by atoms with Crippen LogP contribution in [0.2, 0.25) is 0 Å². The van der Waals surface area contributed by atoms with Crippen LogP contribution in [0.15, 0.2) is 5.38 Å².